The SMILES string of the molecule is COc1cc(C(=O)NC(=S)Nc2ccc(C)c(NCc3ccccc3)c2)cc(OC)c1OC. The van der Waals surface area contributed by atoms with E-state index in [9.17, 15) is 4.79 Å². The molecule has 7 nitrogen and oxygen atoms in total. The van der Waals surface area contributed by atoms with Gasteiger partial charge in [-0.1, -0.05) is 36.4 Å². The number of carbonyl (C=O) groups is 1. The molecule has 0 aromatic heterocycles. The van der Waals surface area contributed by atoms with Crippen LogP contribution in [-0.2, 0) is 6.54 Å². The van der Waals surface area contributed by atoms with Crippen molar-refractivity contribution in [2.24, 2.45) is 0 Å². The van der Waals surface area contributed by atoms with Crippen LogP contribution in [0.4, 0.5) is 11.4 Å². The van der Waals surface area contributed by atoms with E-state index in [0.717, 1.165) is 16.9 Å². The van der Waals surface area contributed by atoms with Crippen LogP contribution in [0.25, 0.3) is 0 Å². The molecule has 0 saturated carbocycles. The predicted octanol–water partition coefficient (Wildman–Crippen LogP) is 4.76. The molecule has 0 radical (unpaired) electrons. The third-order valence-corrected chi connectivity index (χ3v) is 5.18. The van der Waals surface area contributed by atoms with Crippen molar-refractivity contribution in [3.8, 4) is 17.2 Å². The summed E-state index contributed by atoms with van der Waals surface area (Å²) in [5.41, 5.74) is 4.34. The Hall–Kier alpha value is -3.78. The molecule has 0 aliphatic carbocycles. The lowest BCUT2D eigenvalue weighted by atomic mass is 10.1. The number of hydrogen-bond acceptors (Lipinski definition) is 6. The average Bonchev–Trinajstić information content (AvgIpc) is 2.83. The number of aryl methyl sites for hydroxylation is 1. The lowest BCUT2D eigenvalue weighted by molar-refractivity contribution is 0.0977. The fourth-order valence-electron chi connectivity index (χ4n) is 3.23. The van der Waals surface area contributed by atoms with Crippen LogP contribution in [-0.4, -0.2) is 32.3 Å². The molecular weight excluding hydrogens is 438 g/mol. The smallest absolute Gasteiger partial charge is 0.257 e. The normalized spacial score (nSPS) is 10.2. The fourth-order valence-corrected chi connectivity index (χ4v) is 3.44. The lowest BCUT2D eigenvalue weighted by Gasteiger charge is -2.15. The van der Waals surface area contributed by atoms with Crippen LogP contribution in [0.5, 0.6) is 17.2 Å². The summed E-state index contributed by atoms with van der Waals surface area (Å²) < 4.78 is 15.9. The van der Waals surface area contributed by atoms with E-state index in [1.807, 2.05) is 43.3 Å². The minimum absolute atomic E-state index is 0.173. The van der Waals surface area contributed by atoms with Gasteiger partial charge in [-0.3, -0.25) is 10.1 Å². The molecule has 0 unspecified atom stereocenters. The number of rotatable bonds is 8. The number of anilines is 2. The van der Waals surface area contributed by atoms with Crippen molar-refractivity contribution < 1.29 is 19.0 Å². The molecule has 3 aromatic rings. The number of amides is 1. The van der Waals surface area contributed by atoms with Crippen molar-refractivity contribution in [2.45, 2.75) is 13.5 Å². The lowest BCUT2D eigenvalue weighted by Crippen LogP contribution is -2.34. The topological polar surface area (TPSA) is 80.9 Å². The number of carbonyl (C=O) groups excluding carboxylic acids is 1. The number of hydrogen-bond donors (Lipinski definition) is 3. The van der Waals surface area contributed by atoms with Gasteiger partial charge in [-0.05, 0) is 54.5 Å². The van der Waals surface area contributed by atoms with E-state index in [4.69, 9.17) is 26.4 Å². The van der Waals surface area contributed by atoms with E-state index in [1.54, 1.807) is 12.1 Å². The Kier molecular flexibility index (Phi) is 8.10. The van der Waals surface area contributed by atoms with Gasteiger partial charge in [0.1, 0.15) is 0 Å². The number of thiocarbonyl (C=S) groups is 1. The van der Waals surface area contributed by atoms with E-state index in [0.29, 0.717) is 29.4 Å². The van der Waals surface area contributed by atoms with Crippen molar-refractivity contribution in [3.05, 3.63) is 77.4 Å². The van der Waals surface area contributed by atoms with Gasteiger partial charge in [0.05, 0.1) is 21.3 Å². The summed E-state index contributed by atoms with van der Waals surface area (Å²) in [6.45, 7) is 2.73. The Morgan fingerprint density at radius 3 is 2.18 bits per heavy atom. The van der Waals surface area contributed by atoms with Crippen molar-refractivity contribution in [1.29, 1.82) is 0 Å². The zero-order valence-electron chi connectivity index (χ0n) is 19.0. The molecule has 172 valence electrons. The number of nitrogens with one attached hydrogen (secondary N) is 3. The van der Waals surface area contributed by atoms with E-state index < -0.39 is 5.91 Å². The first-order chi connectivity index (χ1) is 15.9. The van der Waals surface area contributed by atoms with Crippen molar-refractivity contribution in [2.75, 3.05) is 32.0 Å². The molecular formula is C25H27N3O4S. The fraction of sp³-hybridized carbons (Fsp3) is 0.200. The molecule has 0 spiro atoms. The van der Waals surface area contributed by atoms with Gasteiger partial charge in [-0.2, -0.15) is 0 Å². The highest BCUT2D eigenvalue weighted by atomic mass is 32.1. The molecule has 0 aliphatic heterocycles. The third-order valence-electron chi connectivity index (χ3n) is 4.98. The van der Waals surface area contributed by atoms with Gasteiger partial charge < -0.3 is 24.8 Å². The van der Waals surface area contributed by atoms with Crippen LogP contribution in [0.3, 0.4) is 0 Å². The van der Waals surface area contributed by atoms with Crippen molar-refractivity contribution >= 4 is 34.6 Å². The number of methoxy groups -OCH3 is 3. The maximum Gasteiger partial charge on any atom is 0.257 e. The second kappa shape index (κ2) is 11.2. The average molecular weight is 466 g/mol. The van der Waals surface area contributed by atoms with Gasteiger partial charge in [0, 0.05) is 23.5 Å². The van der Waals surface area contributed by atoms with Crippen LogP contribution in [0.1, 0.15) is 21.5 Å². The first-order valence-corrected chi connectivity index (χ1v) is 10.7. The Bertz CT molecular complexity index is 1110. The van der Waals surface area contributed by atoms with Crippen LogP contribution in [0.15, 0.2) is 60.7 Å². The Balaban J connectivity index is 1.67. The molecule has 0 atom stereocenters. The molecule has 33 heavy (non-hydrogen) atoms. The zero-order chi connectivity index (χ0) is 23.8. The quantitative estimate of drug-likeness (QED) is 0.414. The molecule has 0 saturated heterocycles. The first-order valence-electron chi connectivity index (χ1n) is 10.3. The minimum Gasteiger partial charge on any atom is -0.493 e. The Morgan fingerprint density at radius 2 is 1.58 bits per heavy atom. The highest BCUT2D eigenvalue weighted by molar-refractivity contribution is 7.80. The third kappa shape index (κ3) is 6.14. The summed E-state index contributed by atoms with van der Waals surface area (Å²) in [7, 11) is 4.49. The molecule has 0 heterocycles. The van der Waals surface area contributed by atoms with E-state index in [1.165, 1.54) is 26.9 Å². The van der Waals surface area contributed by atoms with Gasteiger partial charge in [0.25, 0.3) is 5.91 Å². The molecule has 1 amide bonds. The van der Waals surface area contributed by atoms with Crippen LogP contribution >= 0.6 is 12.2 Å². The highest BCUT2D eigenvalue weighted by Crippen LogP contribution is 2.38. The summed E-state index contributed by atoms with van der Waals surface area (Å²) in [4.78, 5) is 12.8. The molecule has 3 N–H and O–H groups in total. The van der Waals surface area contributed by atoms with Gasteiger partial charge in [0.15, 0.2) is 16.6 Å². The van der Waals surface area contributed by atoms with Crippen molar-refractivity contribution in [1.82, 2.24) is 5.32 Å². The highest BCUT2D eigenvalue weighted by Gasteiger charge is 2.17. The minimum atomic E-state index is -0.402. The number of benzene rings is 3. The molecule has 3 rings (SSSR count). The maximum atomic E-state index is 12.8. The summed E-state index contributed by atoms with van der Waals surface area (Å²) in [5, 5.41) is 9.35. The molecule has 0 bridgehead atoms. The van der Waals surface area contributed by atoms with Crippen molar-refractivity contribution in [3.63, 3.8) is 0 Å². The Labute approximate surface area is 199 Å². The molecule has 3 aromatic carbocycles. The van der Waals surface area contributed by atoms with E-state index in [-0.39, 0.29) is 5.11 Å². The van der Waals surface area contributed by atoms with Crippen LogP contribution in [0, 0.1) is 6.92 Å². The maximum absolute atomic E-state index is 12.8. The van der Waals surface area contributed by atoms with Gasteiger partial charge in [0.2, 0.25) is 5.75 Å². The van der Waals surface area contributed by atoms with E-state index in [2.05, 4.69) is 28.1 Å². The summed E-state index contributed by atoms with van der Waals surface area (Å²) >= 11 is 5.35. The van der Waals surface area contributed by atoms with Crippen LogP contribution in [0.2, 0.25) is 0 Å². The van der Waals surface area contributed by atoms with Crippen LogP contribution < -0.4 is 30.2 Å². The van der Waals surface area contributed by atoms with Gasteiger partial charge >= 0.3 is 0 Å². The summed E-state index contributed by atoms with van der Waals surface area (Å²) in [6, 6.07) is 19.1. The first kappa shape index (κ1) is 23.9. The monoisotopic (exact) mass is 465 g/mol. The zero-order valence-corrected chi connectivity index (χ0v) is 19.8. The number of ether oxygens (including phenoxy) is 3. The predicted molar refractivity (Wildman–Crippen MR) is 135 cm³/mol. The standard InChI is InChI=1S/C25H27N3O4S/c1-16-10-11-19(14-20(16)26-15-17-8-6-5-7-9-17)27-25(33)28-24(29)18-12-21(30-2)23(32-4)22(13-18)31-3/h5-14,26H,15H2,1-4H3,(H2,27,28,29,33). The largest absolute Gasteiger partial charge is 0.493 e. The Morgan fingerprint density at radius 1 is 0.909 bits per heavy atom. The second-order valence-electron chi connectivity index (χ2n) is 7.19. The van der Waals surface area contributed by atoms with E-state index >= 15 is 0 Å². The molecule has 0 fully saturated rings. The second-order valence-corrected chi connectivity index (χ2v) is 7.60. The molecule has 8 heteroatoms. The molecule has 0 aliphatic rings. The summed E-state index contributed by atoms with van der Waals surface area (Å²) in [6.07, 6.45) is 0. The summed E-state index contributed by atoms with van der Waals surface area (Å²) in [5.74, 6) is 0.774. The van der Waals surface area contributed by atoms with Gasteiger partial charge in [-0.25, -0.2) is 0 Å². The van der Waals surface area contributed by atoms with Gasteiger partial charge in [-0.15, -0.1) is 0 Å².